The number of nitrogens with zero attached hydrogens (tertiary/aromatic N) is 2. The molecule has 1 amide bonds. The minimum atomic E-state index is -0.653. The molecule has 3 aromatic carbocycles. The van der Waals surface area contributed by atoms with Crippen molar-refractivity contribution >= 4 is 17.0 Å². The molecule has 0 bridgehead atoms. The lowest BCUT2D eigenvalue weighted by atomic mass is 10.0. The summed E-state index contributed by atoms with van der Waals surface area (Å²) in [5.74, 6) is -0.668. The molecule has 0 spiro atoms. The Kier molecular flexibility index (Phi) is 5.04. The summed E-state index contributed by atoms with van der Waals surface area (Å²) in [5.41, 5.74) is 4.42. The normalized spacial score (nSPS) is 12.1. The molecule has 1 atom stereocenters. The number of fused-ring (bicyclic) bond motifs is 1. The fraction of sp³-hybridized carbons (Fsp3) is 0.167. The zero-order chi connectivity index (χ0) is 20.4. The fourth-order valence-corrected chi connectivity index (χ4v) is 3.57. The van der Waals surface area contributed by atoms with Crippen LogP contribution in [0.25, 0.3) is 22.2 Å². The van der Waals surface area contributed by atoms with E-state index in [-0.39, 0.29) is 5.91 Å². The number of hydrogen-bond donors (Lipinski definition) is 0. The number of likely N-dealkylation sites (N-methyl/N-ethyl adjacent to an activating group) is 1. The van der Waals surface area contributed by atoms with Gasteiger partial charge in [0.25, 0.3) is 0 Å². The van der Waals surface area contributed by atoms with Crippen molar-refractivity contribution < 1.29 is 9.21 Å². The van der Waals surface area contributed by atoms with Crippen molar-refractivity contribution in [2.24, 2.45) is 0 Å². The van der Waals surface area contributed by atoms with Crippen LogP contribution >= 0.6 is 0 Å². The molecule has 0 N–H and O–H groups in total. The first kappa shape index (κ1) is 18.7. The van der Waals surface area contributed by atoms with Gasteiger partial charge in [-0.25, -0.2) is 4.79 Å². The van der Waals surface area contributed by atoms with E-state index in [9.17, 15) is 9.59 Å². The third kappa shape index (κ3) is 3.72. The summed E-state index contributed by atoms with van der Waals surface area (Å²) >= 11 is 0. The summed E-state index contributed by atoms with van der Waals surface area (Å²) in [7, 11) is 1.75. The smallest absolute Gasteiger partial charge is 0.408 e. The standard InChI is InChI=1S/C24H22N2O3/c1-17(26-21-10-6-7-11-22(21)29-24(26)28)23(27)25(2)16-18-12-14-20(15-13-18)19-8-4-3-5-9-19/h3-15,17H,16H2,1-2H3. The number of para-hydroxylation sites is 2. The number of carbonyl (C=O) groups excluding carboxylic acids is 1. The molecule has 1 aromatic heterocycles. The van der Waals surface area contributed by atoms with Gasteiger partial charge in [-0.2, -0.15) is 0 Å². The topological polar surface area (TPSA) is 55.5 Å². The van der Waals surface area contributed by atoms with Gasteiger partial charge in [0, 0.05) is 13.6 Å². The van der Waals surface area contributed by atoms with Crippen LogP contribution in [0.2, 0.25) is 0 Å². The molecule has 5 heteroatoms. The van der Waals surface area contributed by atoms with Crippen molar-refractivity contribution in [2.75, 3.05) is 7.05 Å². The van der Waals surface area contributed by atoms with Gasteiger partial charge in [0.05, 0.1) is 5.52 Å². The largest absolute Gasteiger partial charge is 0.420 e. The number of amides is 1. The van der Waals surface area contributed by atoms with E-state index in [0.717, 1.165) is 16.7 Å². The molecular formula is C24H22N2O3. The molecule has 4 rings (SSSR count). The quantitative estimate of drug-likeness (QED) is 0.508. The first-order valence-corrected chi connectivity index (χ1v) is 9.54. The highest BCUT2D eigenvalue weighted by molar-refractivity contribution is 5.82. The Balaban J connectivity index is 1.50. The van der Waals surface area contributed by atoms with Crippen molar-refractivity contribution in [1.29, 1.82) is 0 Å². The van der Waals surface area contributed by atoms with Crippen LogP contribution in [0.5, 0.6) is 0 Å². The van der Waals surface area contributed by atoms with Crippen LogP contribution in [0.4, 0.5) is 0 Å². The van der Waals surface area contributed by atoms with Gasteiger partial charge in [-0.05, 0) is 35.7 Å². The maximum Gasteiger partial charge on any atom is 0.420 e. The summed E-state index contributed by atoms with van der Waals surface area (Å²) in [6, 6.07) is 24.8. The number of rotatable bonds is 5. The third-order valence-electron chi connectivity index (χ3n) is 5.12. The number of benzene rings is 3. The van der Waals surface area contributed by atoms with Crippen molar-refractivity contribution in [3.05, 3.63) is 95.0 Å². The number of hydrogen-bond acceptors (Lipinski definition) is 3. The fourth-order valence-electron chi connectivity index (χ4n) is 3.57. The summed E-state index contributed by atoms with van der Waals surface area (Å²) in [4.78, 5) is 26.9. The Morgan fingerprint density at radius 1 is 0.931 bits per heavy atom. The lowest BCUT2D eigenvalue weighted by Crippen LogP contribution is -2.35. The van der Waals surface area contributed by atoms with Crippen LogP contribution in [0.15, 0.2) is 88.1 Å². The molecule has 0 aliphatic rings. The molecule has 5 nitrogen and oxygen atoms in total. The second-order valence-electron chi connectivity index (χ2n) is 7.14. The van der Waals surface area contributed by atoms with E-state index in [1.54, 1.807) is 37.1 Å². The first-order valence-electron chi connectivity index (χ1n) is 9.54. The van der Waals surface area contributed by atoms with Gasteiger partial charge in [0.1, 0.15) is 6.04 Å². The van der Waals surface area contributed by atoms with E-state index >= 15 is 0 Å². The van der Waals surface area contributed by atoms with Crippen LogP contribution in [0.3, 0.4) is 0 Å². The number of carbonyl (C=O) groups is 1. The van der Waals surface area contributed by atoms with E-state index in [2.05, 4.69) is 24.3 Å². The zero-order valence-corrected chi connectivity index (χ0v) is 16.4. The van der Waals surface area contributed by atoms with Crippen molar-refractivity contribution in [3.63, 3.8) is 0 Å². The highest BCUT2D eigenvalue weighted by Crippen LogP contribution is 2.21. The number of aromatic nitrogens is 1. The molecular weight excluding hydrogens is 364 g/mol. The average Bonchev–Trinajstić information content (AvgIpc) is 3.09. The van der Waals surface area contributed by atoms with Gasteiger partial charge in [-0.1, -0.05) is 66.7 Å². The Labute approximate surface area is 168 Å². The van der Waals surface area contributed by atoms with E-state index in [1.807, 2.05) is 36.4 Å². The van der Waals surface area contributed by atoms with Gasteiger partial charge in [0.15, 0.2) is 5.58 Å². The van der Waals surface area contributed by atoms with E-state index < -0.39 is 11.8 Å². The Bertz CT molecular complexity index is 1190. The summed E-state index contributed by atoms with van der Waals surface area (Å²) in [5, 5.41) is 0. The average molecular weight is 386 g/mol. The Morgan fingerprint density at radius 2 is 1.55 bits per heavy atom. The minimum absolute atomic E-state index is 0.147. The van der Waals surface area contributed by atoms with Crippen molar-refractivity contribution in [1.82, 2.24) is 9.47 Å². The van der Waals surface area contributed by atoms with Crippen LogP contribution in [0.1, 0.15) is 18.5 Å². The van der Waals surface area contributed by atoms with Gasteiger partial charge in [-0.3, -0.25) is 9.36 Å². The Hall–Kier alpha value is -3.60. The maximum atomic E-state index is 13.0. The SMILES string of the molecule is CC(C(=O)N(C)Cc1ccc(-c2ccccc2)cc1)n1c(=O)oc2ccccc21. The molecule has 0 radical (unpaired) electrons. The lowest BCUT2D eigenvalue weighted by Gasteiger charge is -2.22. The molecule has 0 saturated heterocycles. The van der Waals surface area contributed by atoms with Gasteiger partial charge in [0.2, 0.25) is 5.91 Å². The second kappa shape index (κ2) is 7.80. The van der Waals surface area contributed by atoms with Crippen LogP contribution in [-0.4, -0.2) is 22.4 Å². The predicted octanol–water partition coefficient (Wildman–Crippen LogP) is 4.48. The first-order chi connectivity index (χ1) is 14.0. The van der Waals surface area contributed by atoms with Gasteiger partial charge >= 0.3 is 5.76 Å². The maximum absolute atomic E-state index is 13.0. The van der Waals surface area contributed by atoms with E-state index in [1.165, 1.54) is 4.57 Å². The molecule has 1 unspecified atom stereocenters. The number of oxazole rings is 1. The molecule has 29 heavy (non-hydrogen) atoms. The minimum Gasteiger partial charge on any atom is -0.408 e. The molecule has 4 aromatic rings. The molecule has 0 aliphatic carbocycles. The highest BCUT2D eigenvalue weighted by atomic mass is 16.4. The molecule has 146 valence electrons. The molecule has 0 fully saturated rings. The van der Waals surface area contributed by atoms with Crippen molar-refractivity contribution in [2.45, 2.75) is 19.5 Å². The van der Waals surface area contributed by atoms with Crippen molar-refractivity contribution in [3.8, 4) is 11.1 Å². The van der Waals surface area contributed by atoms with Gasteiger partial charge in [-0.15, -0.1) is 0 Å². The molecule has 1 heterocycles. The third-order valence-corrected chi connectivity index (χ3v) is 5.12. The lowest BCUT2D eigenvalue weighted by molar-refractivity contribution is -0.133. The van der Waals surface area contributed by atoms with Crippen LogP contribution in [-0.2, 0) is 11.3 Å². The molecule has 0 saturated carbocycles. The summed E-state index contributed by atoms with van der Waals surface area (Å²) < 4.78 is 6.67. The van der Waals surface area contributed by atoms with Crippen LogP contribution < -0.4 is 5.76 Å². The molecule has 0 aliphatic heterocycles. The second-order valence-corrected chi connectivity index (χ2v) is 7.14. The Morgan fingerprint density at radius 3 is 2.28 bits per heavy atom. The zero-order valence-electron chi connectivity index (χ0n) is 16.4. The summed E-state index contributed by atoms with van der Waals surface area (Å²) in [6.07, 6.45) is 0. The van der Waals surface area contributed by atoms with Gasteiger partial charge < -0.3 is 9.32 Å². The monoisotopic (exact) mass is 386 g/mol. The van der Waals surface area contributed by atoms with Crippen LogP contribution in [0, 0.1) is 0 Å². The summed E-state index contributed by atoms with van der Waals surface area (Å²) in [6.45, 7) is 2.18. The van der Waals surface area contributed by atoms with E-state index in [4.69, 9.17) is 4.42 Å². The predicted molar refractivity (Wildman–Crippen MR) is 114 cm³/mol. The van der Waals surface area contributed by atoms with E-state index in [0.29, 0.717) is 17.6 Å². The highest BCUT2D eigenvalue weighted by Gasteiger charge is 2.24.